The van der Waals surface area contributed by atoms with Crippen LogP contribution in [-0.4, -0.2) is 36.2 Å². The van der Waals surface area contributed by atoms with E-state index < -0.39 is 0 Å². The number of hydrogen-bond acceptors (Lipinski definition) is 5. The van der Waals surface area contributed by atoms with Crippen molar-refractivity contribution in [2.75, 3.05) is 20.2 Å². The number of hydrogen-bond donors (Lipinski definition) is 0. The van der Waals surface area contributed by atoms with Crippen LogP contribution in [0.3, 0.4) is 0 Å². The Bertz CT molecular complexity index is 643. The van der Waals surface area contributed by atoms with Gasteiger partial charge in [-0.1, -0.05) is 6.92 Å². The predicted molar refractivity (Wildman–Crippen MR) is 93.6 cm³/mol. The summed E-state index contributed by atoms with van der Waals surface area (Å²) in [5.41, 5.74) is 2.49. The van der Waals surface area contributed by atoms with Gasteiger partial charge in [0.1, 0.15) is 17.6 Å². The number of nitrogens with zero attached hydrogens (tertiary/aromatic N) is 2. The largest absolute Gasteiger partial charge is 0.497 e. The van der Waals surface area contributed by atoms with E-state index in [0.29, 0.717) is 0 Å². The van der Waals surface area contributed by atoms with E-state index in [-0.39, 0.29) is 6.10 Å². The van der Waals surface area contributed by atoms with Gasteiger partial charge in [-0.3, -0.25) is 4.90 Å². The van der Waals surface area contributed by atoms with Gasteiger partial charge in [-0.2, -0.15) is 0 Å². The smallest absolute Gasteiger partial charge is 0.127 e. The maximum Gasteiger partial charge on any atom is 0.127 e. The molecule has 5 heteroatoms. The van der Waals surface area contributed by atoms with Crippen LogP contribution in [0.5, 0.6) is 11.5 Å². The van der Waals surface area contributed by atoms with Crippen LogP contribution in [0.1, 0.15) is 30.0 Å². The monoisotopic (exact) mass is 332 g/mol. The van der Waals surface area contributed by atoms with Crippen LogP contribution < -0.4 is 9.47 Å². The van der Waals surface area contributed by atoms with E-state index in [1.807, 2.05) is 11.6 Å². The molecule has 0 aliphatic carbocycles. The molecule has 1 aliphatic heterocycles. The summed E-state index contributed by atoms with van der Waals surface area (Å²) in [6.45, 7) is 7.22. The first-order valence-electron chi connectivity index (χ1n) is 8.16. The predicted octanol–water partition coefficient (Wildman–Crippen LogP) is 3.54. The maximum absolute atomic E-state index is 6.04. The first-order chi connectivity index (χ1) is 11.2. The van der Waals surface area contributed by atoms with Crippen LogP contribution in [0, 0.1) is 0 Å². The first kappa shape index (κ1) is 16.3. The van der Waals surface area contributed by atoms with Gasteiger partial charge in [-0.05, 0) is 25.6 Å². The van der Waals surface area contributed by atoms with Gasteiger partial charge in [0.15, 0.2) is 0 Å². The summed E-state index contributed by atoms with van der Waals surface area (Å²) in [6, 6.07) is 4.22. The van der Waals surface area contributed by atoms with Crippen molar-refractivity contribution < 1.29 is 9.47 Å². The molecule has 0 saturated heterocycles. The minimum absolute atomic E-state index is 0.251. The quantitative estimate of drug-likeness (QED) is 0.777. The minimum atomic E-state index is 0.251. The Morgan fingerprint density at radius 1 is 1.43 bits per heavy atom. The average Bonchev–Trinajstić information content (AvgIpc) is 3.19. The van der Waals surface area contributed by atoms with Gasteiger partial charge in [0.25, 0.3) is 0 Å². The number of ether oxygens (including phenoxy) is 2. The Kier molecular flexibility index (Phi) is 5.18. The molecule has 1 aromatic heterocycles. The number of fused-ring (bicyclic) bond motifs is 1. The molecule has 0 saturated carbocycles. The highest BCUT2D eigenvalue weighted by Crippen LogP contribution is 2.36. The third-order valence-electron chi connectivity index (χ3n) is 4.24. The summed E-state index contributed by atoms with van der Waals surface area (Å²) in [6.07, 6.45) is 4.08. The average molecular weight is 332 g/mol. The Balaban J connectivity index is 1.73. The Morgan fingerprint density at radius 3 is 3.00 bits per heavy atom. The third-order valence-corrected chi connectivity index (χ3v) is 5.08. The van der Waals surface area contributed by atoms with Crippen molar-refractivity contribution in [2.45, 2.75) is 39.3 Å². The second kappa shape index (κ2) is 7.32. The molecule has 124 valence electrons. The number of likely N-dealkylation sites (N-methyl/N-ethyl adjacent to an activating group) is 1. The van der Waals surface area contributed by atoms with Crippen LogP contribution in [0.15, 0.2) is 23.7 Å². The lowest BCUT2D eigenvalue weighted by Gasteiger charge is -2.22. The molecule has 23 heavy (non-hydrogen) atoms. The van der Waals surface area contributed by atoms with Crippen molar-refractivity contribution in [1.29, 1.82) is 0 Å². The topological polar surface area (TPSA) is 34.6 Å². The zero-order valence-electron chi connectivity index (χ0n) is 14.0. The van der Waals surface area contributed by atoms with Gasteiger partial charge < -0.3 is 9.47 Å². The zero-order valence-corrected chi connectivity index (χ0v) is 14.9. The van der Waals surface area contributed by atoms with Gasteiger partial charge in [0.2, 0.25) is 0 Å². The molecule has 1 aromatic carbocycles. The molecule has 1 unspecified atom stereocenters. The standard InChI is InChI=1S/C18H24N2O2S/c1-4-20(7-5-17-19-6-8-23-17)12-15-11-16(21-3)10-14-9-13(2)22-18(14)15/h6,8,10-11,13H,4-5,7,9,12H2,1-3H3. The molecule has 3 rings (SSSR count). The van der Waals surface area contributed by atoms with Crippen LogP contribution in [0.4, 0.5) is 0 Å². The second-order valence-electron chi connectivity index (χ2n) is 5.95. The highest BCUT2D eigenvalue weighted by Gasteiger charge is 2.24. The van der Waals surface area contributed by atoms with Crippen LogP contribution >= 0.6 is 11.3 Å². The van der Waals surface area contributed by atoms with Crippen molar-refractivity contribution in [3.05, 3.63) is 39.8 Å². The lowest BCUT2D eigenvalue weighted by Crippen LogP contribution is -2.25. The summed E-state index contributed by atoms with van der Waals surface area (Å²) in [5.74, 6) is 1.98. The van der Waals surface area contributed by atoms with E-state index in [1.54, 1.807) is 18.4 Å². The molecule has 2 heterocycles. The summed E-state index contributed by atoms with van der Waals surface area (Å²) in [5, 5.41) is 3.24. The molecule has 0 amide bonds. The van der Waals surface area contributed by atoms with Crippen molar-refractivity contribution in [1.82, 2.24) is 9.88 Å². The Hall–Kier alpha value is -1.59. The molecule has 0 fully saturated rings. The van der Waals surface area contributed by atoms with E-state index in [4.69, 9.17) is 9.47 Å². The highest BCUT2D eigenvalue weighted by atomic mass is 32.1. The normalized spacial score (nSPS) is 16.4. The molecular formula is C18H24N2O2S. The van der Waals surface area contributed by atoms with Crippen LogP contribution in [0.25, 0.3) is 0 Å². The molecular weight excluding hydrogens is 308 g/mol. The van der Waals surface area contributed by atoms with E-state index >= 15 is 0 Å². The van der Waals surface area contributed by atoms with Crippen molar-refractivity contribution in [2.24, 2.45) is 0 Å². The fraction of sp³-hybridized carbons (Fsp3) is 0.500. The molecule has 0 N–H and O–H groups in total. The van der Waals surface area contributed by atoms with Crippen molar-refractivity contribution in [3.63, 3.8) is 0 Å². The van der Waals surface area contributed by atoms with Crippen LogP contribution in [-0.2, 0) is 19.4 Å². The number of rotatable bonds is 7. The van der Waals surface area contributed by atoms with E-state index in [2.05, 4.69) is 35.9 Å². The minimum Gasteiger partial charge on any atom is -0.497 e. The molecule has 0 radical (unpaired) electrons. The van der Waals surface area contributed by atoms with Crippen molar-refractivity contribution in [3.8, 4) is 11.5 Å². The molecule has 0 bridgehead atoms. The zero-order chi connectivity index (χ0) is 16.2. The maximum atomic E-state index is 6.04. The van der Waals surface area contributed by atoms with E-state index in [1.165, 1.54) is 16.1 Å². The molecule has 2 aromatic rings. The van der Waals surface area contributed by atoms with Crippen LogP contribution in [0.2, 0.25) is 0 Å². The molecule has 4 nitrogen and oxygen atoms in total. The highest BCUT2D eigenvalue weighted by molar-refractivity contribution is 7.09. The fourth-order valence-corrected chi connectivity index (χ4v) is 3.64. The summed E-state index contributed by atoms with van der Waals surface area (Å²) >= 11 is 1.73. The number of benzene rings is 1. The van der Waals surface area contributed by atoms with Gasteiger partial charge in [-0.15, -0.1) is 11.3 Å². The lowest BCUT2D eigenvalue weighted by atomic mass is 10.1. The van der Waals surface area contributed by atoms with Gasteiger partial charge in [0, 0.05) is 48.6 Å². The SMILES string of the molecule is CCN(CCc1nccs1)Cc1cc(OC)cc2c1OC(C)C2. The van der Waals surface area contributed by atoms with Crippen molar-refractivity contribution >= 4 is 11.3 Å². The number of methoxy groups -OCH3 is 1. The van der Waals surface area contributed by atoms with Gasteiger partial charge in [0.05, 0.1) is 12.1 Å². The van der Waals surface area contributed by atoms with Gasteiger partial charge in [-0.25, -0.2) is 4.98 Å². The van der Waals surface area contributed by atoms with E-state index in [0.717, 1.165) is 44.0 Å². The van der Waals surface area contributed by atoms with Gasteiger partial charge >= 0.3 is 0 Å². The second-order valence-corrected chi connectivity index (χ2v) is 6.93. The Morgan fingerprint density at radius 2 is 2.30 bits per heavy atom. The summed E-state index contributed by atoms with van der Waals surface area (Å²) in [4.78, 5) is 6.81. The Labute approximate surface area is 142 Å². The molecule has 0 spiro atoms. The molecule has 1 atom stereocenters. The molecule has 1 aliphatic rings. The first-order valence-corrected chi connectivity index (χ1v) is 9.04. The fourth-order valence-electron chi connectivity index (χ4n) is 3.03. The third kappa shape index (κ3) is 3.85. The lowest BCUT2D eigenvalue weighted by molar-refractivity contribution is 0.241. The summed E-state index contributed by atoms with van der Waals surface area (Å²) < 4.78 is 11.5. The summed E-state index contributed by atoms with van der Waals surface area (Å²) in [7, 11) is 1.73. The van der Waals surface area contributed by atoms with E-state index in [9.17, 15) is 0 Å². The number of aromatic nitrogens is 1. The number of thiazole rings is 1.